The van der Waals surface area contributed by atoms with Crippen molar-refractivity contribution in [1.29, 1.82) is 0 Å². The number of hydrogen-bond acceptors (Lipinski definition) is 5. The summed E-state index contributed by atoms with van der Waals surface area (Å²) < 4.78 is 1.89. The van der Waals surface area contributed by atoms with Crippen LogP contribution in [0.4, 0.5) is 5.82 Å². The van der Waals surface area contributed by atoms with Crippen LogP contribution in [-0.2, 0) is 6.54 Å². The number of phenols is 1. The van der Waals surface area contributed by atoms with Crippen LogP contribution in [0.1, 0.15) is 11.4 Å². The van der Waals surface area contributed by atoms with Gasteiger partial charge >= 0.3 is 0 Å². The lowest BCUT2D eigenvalue weighted by Crippen LogP contribution is -2.18. The fraction of sp³-hybridized carbons (Fsp3) is 0.188. The zero-order valence-electron chi connectivity index (χ0n) is 12.5. The van der Waals surface area contributed by atoms with Crippen LogP contribution in [0.25, 0.3) is 5.82 Å². The summed E-state index contributed by atoms with van der Waals surface area (Å²) in [5, 5.41) is 9.33. The molecule has 0 bridgehead atoms. The van der Waals surface area contributed by atoms with Gasteiger partial charge in [0.25, 0.3) is 0 Å². The van der Waals surface area contributed by atoms with Crippen LogP contribution in [0.5, 0.6) is 5.75 Å². The third kappa shape index (κ3) is 2.90. The Kier molecular flexibility index (Phi) is 3.74. The molecular weight excluding hydrogens is 278 g/mol. The Morgan fingerprint density at radius 2 is 1.95 bits per heavy atom. The van der Waals surface area contributed by atoms with Crippen LogP contribution in [0.2, 0.25) is 0 Å². The van der Waals surface area contributed by atoms with Crippen LogP contribution in [0, 0.1) is 6.92 Å². The van der Waals surface area contributed by atoms with E-state index in [1.807, 2.05) is 41.8 Å². The average molecular weight is 295 g/mol. The van der Waals surface area contributed by atoms with Gasteiger partial charge in [0.2, 0.25) is 0 Å². The summed E-state index contributed by atoms with van der Waals surface area (Å²) in [6.45, 7) is 2.61. The van der Waals surface area contributed by atoms with Crippen molar-refractivity contribution in [1.82, 2.24) is 19.5 Å². The molecule has 0 atom stereocenters. The van der Waals surface area contributed by atoms with Crippen LogP contribution in [-0.4, -0.2) is 31.7 Å². The molecule has 112 valence electrons. The van der Waals surface area contributed by atoms with E-state index in [1.165, 1.54) is 0 Å². The maximum absolute atomic E-state index is 9.33. The molecule has 0 aliphatic rings. The molecule has 6 nitrogen and oxygen atoms in total. The van der Waals surface area contributed by atoms with Crippen LogP contribution >= 0.6 is 0 Å². The van der Waals surface area contributed by atoms with Crippen LogP contribution in [0.15, 0.2) is 49.1 Å². The highest BCUT2D eigenvalue weighted by Gasteiger charge is 2.08. The molecule has 22 heavy (non-hydrogen) atoms. The van der Waals surface area contributed by atoms with Gasteiger partial charge in [0.15, 0.2) is 5.82 Å². The average Bonchev–Trinajstić information content (AvgIpc) is 2.96. The largest absolute Gasteiger partial charge is 0.508 e. The standard InChI is InChI=1S/C16H17N5O/c1-12-18-7-8-21(12)16-10-17-9-15(19-16)20(2)11-13-3-5-14(22)6-4-13/h3-10,22H,11H2,1-2H3. The van der Waals surface area contributed by atoms with E-state index in [9.17, 15) is 5.11 Å². The smallest absolute Gasteiger partial charge is 0.159 e. The first-order valence-corrected chi connectivity index (χ1v) is 6.95. The predicted octanol–water partition coefficient (Wildman–Crippen LogP) is 2.31. The van der Waals surface area contributed by atoms with Crippen molar-refractivity contribution < 1.29 is 5.11 Å². The van der Waals surface area contributed by atoms with E-state index < -0.39 is 0 Å². The summed E-state index contributed by atoms with van der Waals surface area (Å²) in [5.41, 5.74) is 1.09. The lowest BCUT2D eigenvalue weighted by atomic mass is 10.2. The Morgan fingerprint density at radius 1 is 1.18 bits per heavy atom. The number of rotatable bonds is 4. The maximum Gasteiger partial charge on any atom is 0.159 e. The summed E-state index contributed by atoms with van der Waals surface area (Å²) in [5.74, 6) is 2.65. The zero-order chi connectivity index (χ0) is 15.5. The molecule has 0 saturated heterocycles. The summed E-state index contributed by atoms with van der Waals surface area (Å²) >= 11 is 0. The normalized spacial score (nSPS) is 10.6. The van der Waals surface area contributed by atoms with Crippen molar-refractivity contribution in [3.63, 3.8) is 0 Å². The molecule has 3 aromatic rings. The molecule has 6 heteroatoms. The van der Waals surface area contributed by atoms with Crippen LogP contribution < -0.4 is 4.90 Å². The minimum absolute atomic E-state index is 0.267. The second-order valence-corrected chi connectivity index (χ2v) is 5.10. The van der Waals surface area contributed by atoms with E-state index in [4.69, 9.17) is 0 Å². The number of aryl methyl sites for hydroxylation is 1. The number of imidazole rings is 1. The Hall–Kier alpha value is -2.89. The Morgan fingerprint density at radius 3 is 2.64 bits per heavy atom. The number of phenolic OH excluding ortho intramolecular Hbond substituents is 1. The molecule has 0 unspecified atom stereocenters. The zero-order valence-corrected chi connectivity index (χ0v) is 12.5. The number of aromatic nitrogens is 4. The fourth-order valence-corrected chi connectivity index (χ4v) is 2.22. The van der Waals surface area contributed by atoms with Crippen molar-refractivity contribution >= 4 is 5.82 Å². The van der Waals surface area contributed by atoms with Crippen molar-refractivity contribution in [3.8, 4) is 11.6 Å². The van der Waals surface area contributed by atoms with E-state index >= 15 is 0 Å². The lowest BCUT2D eigenvalue weighted by Gasteiger charge is -2.18. The van der Waals surface area contributed by atoms with Gasteiger partial charge in [-0.1, -0.05) is 12.1 Å². The molecule has 0 radical (unpaired) electrons. The van der Waals surface area contributed by atoms with Gasteiger partial charge in [-0.05, 0) is 24.6 Å². The molecule has 2 heterocycles. The quantitative estimate of drug-likeness (QED) is 0.800. The lowest BCUT2D eigenvalue weighted by molar-refractivity contribution is 0.475. The minimum atomic E-state index is 0.267. The molecule has 0 aliphatic heterocycles. The Balaban J connectivity index is 1.82. The summed E-state index contributed by atoms with van der Waals surface area (Å²) in [6, 6.07) is 7.15. The monoisotopic (exact) mass is 295 g/mol. The van der Waals surface area contributed by atoms with E-state index in [2.05, 4.69) is 15.0 Å². The first kappa shape index (κ1) is 14.1. The number of anilines is 1. The van der Waals surface area contributed by atoms with E-state index in [1.54, 1.807) is 30.7 Å². The van der Waals surface area contributed by atoms with E-state index in [0.717, 1.165) is 23.0 Å². The highest BCUT2D eigenvalue weighted by atomic mass is 16.3. The Bertz CT molecular complexity index is 766. The van der Waals surface area contributed by atoms with Gasteiger partial charge in [-0.3, -0.25) is 9.55 Å². The van der Waals surface area contributed by atoms with E-state index in [0.29, 0.717) is 6.54 Å². The molecule has 1 aromatic carbocycles. The highest BCUT2D eigenvalue weighted by Crippen LogP contribution is 2.16. The van der Waals surface area contributed by atoms with Gasteiger partial charge in [-0.15, -0.1) is 0 Å². The molecule has 0 spiro atoms. The van der Waals surface area contributed by atoms with Crippen molar-refractivity contribution in [3.05, 3.63) is 60.4 Å². The fourth-order valence-electron chi connectivity index (χ4n) is 2.22. The molecule has 0 saturated carbocycles. The number of nitrogens with zero attached hydrogens (tertiary/aromatic N) is 5. The number of benzene rings is 1. The SMILES string of the molecule is Cc1nccn1-c1cncc(N(C)Cc2ccc(O)cc2)n1. The predicted molar refractivity (Wildman–Crippen MR) is 84.1 cm³/mol. The van der Waals surface area contributed by atoms with Gasteiger partial charge in [-0.2, -0.15) is 0 Å². The third-order valence-electron chi connectivity index (χ3n) is 3.43. The van der Waals surface area contributed by atoms with Gasteiger partial charge in [0, 0.05) is 26.0 Å². The van der Waals surface area contributed by atoms with E-state index in [-0.39, 0.29) is 5.75 Å². The summed E-state index contributed by atoms with van der Waals surface area (Å²) in [6.07, 6.45) is 7.05. The second kappa shape index (κ2) is 5.85. The third-order valence-corrected chi connectivity index (χ3v) is 3.43. The maximum atomic E-state index is 9.33. The molecule has 0 fully saturated rings. The molecule has 0 aliphatic carbocycles. The van der Waals surface area contributed by atoms with Crippen molar-refractivity contribution in [2.45, 2.75) is 13.5 Å². The molecule has 3 rings (SSSR count). The van der Waals surface area contributed by atoms with Crippen LogP contribution in [0.3, 0.4) is 0 Å². The summed E-state index contributed by atoms with van der Waals surface area (Å²) in [7, 11) is 1.96. The number of aromatic hydroxyl groups is 1. The second-order valence-electron chi connectivity index (χ2n) is 5.10. The van der Waals surface area contributed by atoms with Gasteiger partial charge in [0.05, 0.1) is 12.4 Å². The van der Waals surface area contributed by atoms with Crippen molar-refractivity contribution in [2.24, 2.45) is 0 Å². The topological polar surface area (TPSA) is 67.1 Å². The number of hydrogen-bond donors (Lipinski definition) is 1. The van der Waals surface area contributed by atoms with Gasteiger partial charge in [0.1, 0.15) is 17.4 Å². The minimum Gasteiger partial charge on any atom is -0.508 e. The highest BCUT2D eigenvalue weighted by molar-refractivity contribution is 5.40. The summed E-state index contributed by atoms with van der Waals surface area (Å²) in [4.78, 5) is 15.1. The Labute approximate surface area is 128 Å². The van der Waals surface area contributed by atoms with Gasteiger partial charge < -0.3 is 10.0 Å². The van der Waals surface area contributed by atoms with Crippen molar-refractivity contribution in [2.75, 3.05) is 11.9 Å². The molecule has 1 N–H and O–H groups in total. The first-order valence-electron chi connectivity index (χ1n) is 6.95. The van der Waals surface area contributed by atoms with Gasteiger partial charge in [-0.25, -0.2) is 9.97 Å². The molecular formula is C16H17N5O. The first-order chi connectivity index (χ1) is 10.6. The molecule has 0 amide bonds. The molecule has 2 aromatic heterocycles.